The third kappa shape index (κ3) is 4.98. The van der Waals surface area contributed by atoms with E-state index in [4.69, 9.17) is 39.8 Å². The maximum atomic E-state index is 13.8. The van der Waals surface area contributed by atoms with E-state index >= 15 is 0 Å². The summed E-state index contributed by atoms with van der Waals surface area (Å²) in [6.45, 7) is 5.27. The Kier molecular flexibility index (Phi) is 7.52. The lowest BCUT2D eigenvalue weighted by Crippen LogP contribution is -2.32. The fraction of sp³-hybridized carbons (Fsp3) is 0.259. The summed E-state index contributed by atoms with van der Waals surface area (Å²) < 4.78 is 15.3. The zero-order valence-corrected chi connectivity index (χ0v) is 22.6. The Bertz CT molecular complexity index is 1460. The molecule has 1 fully saturated rings. The van der Waals surface area contributed by atoms with Crippen molar-refractivity contribution in [1.82, 2.24) is 14.5 Å². The molecule has 1 saturated heterocycles. The van der Waals surface area contributed by atoms with E-state index < -0.39 is 5.82 Å². The molecule has 0 bridgehead atoms. The average Bonchev–Trinajstić information content (AvgIpc) is 3.30. The molecule has 0 saturated carbocycles. The van der Waals surface area contributed by atoms with E-state index in [0.29, 0.717) is 37.9 Å². The Morgan fingerprint density at radius 1 is 1.03 bits per heavy atom. The molecule has 9 heteroatoms. The van der Waals surface area contributed by atoms with Crippen LogP contribution >= 0.6 is 46.1 Å². The summed E-state index contributed by atoms with van der Waals surface area (Å²) in [5.74, 6) is -0.0719. The van der Waals surface area contributed by atoms with Crippen molar-refractivity contribution < 1.29 is 4.39 Å². The van der Waals surface area contributed by atoms with Crippen LogP contribution in [0.4, 0.5) is 4.39 Å². The van der Waals surface area contributed by atoms with E-state index in [-0.39, 0.29) is 5.56 Å². The summed E-state index contributed by atoms with van der Waals surface area (Å²) >= 11 is 20.9. The molecule has 0 unspecified atom stereocenters. The monoisotopic (exact) mass is 561 g/mol. The first-order chi connectivity index (χ1) is 17.4. The van der Waals surface area contributed by atoms with E-state index in [9.17, 15) is 9.18 Å². The number of nitrogens with zero attached hydrogens (tertiary/aromatic N) is 3. The number of piperidine rings is 1. The van der Waals surface area contributed by atoms with E-state index in [1.807, 2.05) is 0 Å². The van der Waals surface area contributed by atoms with Gasteiger partial charge in [-0.25, -0.2) is 9.37 Å². The zero-order chi connectivity index (χ0) is 25.4. The van der Waals surface area contributed by atoms with Gasteiger partial charge in [0.15, 0.2) is 0 Å². The number of benzene rings is 2. The fourth-order valence-corrected chi connectivity index (χ4v) is 6.77. The van der Waals surface area contributed by atoms with E-state index in [0.717, 1.165) is 47.9 Å². The predicted octanol–water partition coefficient (Wildman–Crippen LogP) is 7.93. The van der Waals surface area contributed by atoms with Gasteiger partial charge < -0.3 is 4.90 Å². The van der Waals surface area contributed by atoms with Crippen molar-refractivity contribution in [2.75, 3.05) is 19.6 Å². The van der Waals surface area contributed by atoms with Crippen LogP contribution in [0.15, 0.2) is 59.5 Å². The summed E-state index contributed by atoms with van der Waals surface area (Å²) in [5, 5.41) is 2.06. The van der Waals surface area contributed by atoms with E-state index in [2.05, 4.69) is 11.8 Å². The van der Waals surface area contributed by atoms with Crippen LogP contribution in [-0.4, -0.2) is 34.1 Å². The highest BCUT2D eigenvalue weighted by molar-refractivity contribution is 7.15. The Labute approximate surface area is 227 Å². The normalized spacial score (nSPS) is 14.9. The quantitative estimate of drug-likeness (QED) is 0.248. The minimum atomic E-state index is -0.399. The summed E-state index contributed by atoms with van der Waals surface area (Å²) in [6.07, 6.45) is 3.74. The van der Waals surface area contributed by atoms with Crippen molar-refractivity contribution in [3.05, 3.63) is 91.0 Å². The van der Waals surface area contributed by atoms with Gasteiger partial charge in [-0.3, -0.25) is 9.36 Å². The fourth-order valence-electron chi connectivity index (χ4n) is 4.58. The second-order valence-electron chi connectivity index (χ2n) is 8.76. The molecular formula is C27H23Cl3FN3OS. The number of hydrogen-bond donors (Lipinski definition) is 0. The molecule has 1 aliphatic rings. The highest BCUT2D eigenvalue weighted by atomic mass is 35.5. The van der Waals surface area contributed by atoms with Crippen molar-refractivity contribution >= 4 is 46.1 Å². The number of rotatable bonds is 5. The van der Waals surface area contributed by atoms with E-state index in [1.54, 1.807) is 47.9 Å². The van der Waals surface area contributed by atoms with Crippen LogP contribution in [-0.2, 0) is 0 Å². The second kappa shape index (κ2) is 10.6. The third-order valence-corrected chi connectivity index (χ3v) is 8.74. The number of pyridine rings is 1. The summed E-state index contributed by atoms with van der Waals surface area (Å²) in [7, 11) is 0. The maximum absolute atomic E-state index is 13.8. The molecule has 3 heterocycles. The first-order valence-electron chi connectivity index (χ1n) is 11.7. The van der Waals surface area contributed by atoms with Crippen molar-refractivity contribution in [3.8, 4) is 27.4 Å². The van der Waals surface area contributed by atoms with Crippen molar-refractivity contribution in [3.63, 3.8) is 0 Å². The molecule has 5 rings (SSSR count). The van der Waals surface area contributed by atoms with Crippen LogP contribution in [0.5, 0.6) is 0 Å². The Morgan fingerprint density at radius 3 is 2.42 bits per heavy atom. The third-order valence-electron chi connectivity index (χ3n) is 6.57. The van der Waals surface area contributed by atoms with Crippen molar-refractivity contribution in [2.24, 2.45) is 0 Å². The number of likely N-dealkylation sites (tertiary alicyclic amines) is 1. The van der Waals surface area contributed by atoms with Gasteiger partial charge >= 0.3 is 0 Å². The van der Waals surface area contributed by atoms with Gasteiger partial charge in [-0.2, -0.15) is 0 Å². The molecule has 186 valence electrons. The molecule has 0 spiro atoms. The molecule has 2 aromatic carbocycles. The molecular weight excluding hydrogens is 540 g/mol. The lowest BCUT2D eigenvalue weighted by Gasteiger charge is -2.29. The van der Waals surface area contributed by atoms with Crippen LogP contribution in [0, 0.1) is 5.82 Å². The predicted molar refractivity (Wildman–Crippen MR) is 148 cm³/mol. The van der Waals surface area contributed by atoms with Gasteiger partial charge in [-0.15, -0.1) is 11.3 Å². The molecule has 4 aromatic rings. The van der Waals surface area contributed by atoms with Gasteiger partial charge in [0.25, 0.3) is 5.56 Å². The minimum Gasteiger partial charge on any atom is -0.304 e. The second-order valence-corrected chi connectivity index (χ2v) is 11.0. The number of para-hydroxylation sites is 1. The van der Waals surface area contributed by atoms with E-state index in [1.165, 1.54) is 22.8 Å². The van der Waals surface area contributed by atoms with Crippen LogP contribution < -0.4 is 5.56 Å². The molecule has 0 amide bonds. The molecule has 4 nitrogen and oxygen atoms in total. The standard InChI is InChI=1S/C27H23Cl3FN3OS/c1-2-33-12-10-16(11-13-33)27-32-24(26(36-27)19-8-7-18(31)14-22(19)30)17-6-9-23(35)34(15-17)25-20(28)4-3-5-21(25)29/h3-9,14-16H,2,10-13H2,1H3. The SMILES string of the molecule is CCN1CCC(c2nc(-c3ccc(=O)n(-c4c(Cl)cccc4Cl)c3)c(-c3ccc(F)cc3Cl)s2)CC1. The van der Waals surface area contributed by atoms with Crippen LogP contribution in [0.3, 0.4) is 0 Å². The zero-order valence-electron chi connectivity index (χ0n) is 19.5. The van der Waals surface area contributed by atoms with Gasteiger partial charge in [0, 0.05) is 29.3 Å². The van der Waals surface area contributed by atoms with Crippen molar-refractivity contribution in [2.45, 2.75) is 25.7 Å². The average molecular weight is 563 g/mol. The lowest BCUT2D eigenvalue weighted by molar-refractivity contribution is 0.222. The van der Waals surface area contributed by atoms with Gasteiger partial charge in [-0.1, -0.05) is 47.8 Å². The Morgan fingerprint density at radius 2 is 1.75 bits per heavy atom. The minimum absolute atomic E-state index is 0.266. The highest BCUT2D eigenvalue weighted by Gasteiger charge is 2.26. The molecule has 0 N–H and O–H groups in total. The first kappa shape index (κ1) is 25.4. The molecule has 0 radical (unpaired) electrons. The summed E-state index contributed by atoms with van der Waals surface area (Å²) in [6, 6.07) is 12.7. The van der Waals surface area contributed by atoms with Crippen molar-refractivity contribution in [1.29, 1.82) is 0 Å². The topological polar surface area (TPSA) is 38.1 Å². The molecule has 0 aliphatic carbocycles. The number of thiazole rings is 1. The molecule has 2 aromatic heterocycles. The Hall–Kier alpha value is -2.22. The smallest absolute Gasteiger partial charge is 0.255 e. The summed E-state index contributed by atoms with van der Waals surface area (Å²) in [5.41, 5.74) is 2.26. The first-order valence-corrected chi connectivity index (χ1v) is 13.7. The largest absolute Gasteiger partial charge is 0.304 e. The number of hydrogen-bond acceptors (Lipinski definition) is 4. The van der Waals surface area contributed by atoms with Gasteiger partial charge in [0.2, 0.25) is 0 Å². The molecule has 36 heavy (non-hydrogen) atoms. The van der Waals surface area contributed by atoms with Crippen LogP contribution in [0.25, 0.3) is 27.4 Å². The van der Waals surface area contributed by atoms with Gasteiger partial charge in [0.05, 0.1) is 36.3 Å². The highest BCUT2D eigenvalue weighted by Crippen LogP contribution is 2.44. The Balaban J connectivity index is 1.66. The number of aromatic nitrogens is 2. The van der Waals surface area contributed by atoms with Gasteiger partial charge in [0.1, 0.15) is 5.82 Å². The molecule has 1 aliphatic heterocycles. The number of halogens is 4. The van der Waals surface area contributed by atoms with Gasteiger partial charge in [-0.05, 0) is 68.9 Å². The van der Waals surface area contributed by atoms with Crippen LogP contribution in [0.2, 0.25) is 15.1 Å². The lowest BCUT2D eigenvalue weighted by atomic mass is 9.97. The molecule has 0 atom stereocenters. The summed E-state index contributed by atoms with van der Waals surface area (Å²) in [4.78, 5) is 21.2. The van der Waals surface area contributed by atoms with Crippen LogP contribution in [0.1, 0.15) is 30.7 Å². The maximum Gasteiger partial charge on any atom is 0.255 e.